The molecule has 1 fully saturated rings. The van der Waals surface area contributed by atoms with Gasteiger partial charge in [-0.3, -0.25) is 4.90 Å². The van der Waals surface area contributed by atoms with Crippen LogP contribution in [-0.4, -0.2) is 35.0 Å². The summed E-state index contributed by atoms with van der Waals surface area (Å²) in [6.07, 6.45) is 1.38. The first kappa shape index (κ1) is 21.2. The Kier molecular flexibility index (Phi) is 6.18. The molecule has 2 aromatic carbocycles. The third-order valence-corrected chi connectivity index (χ3v) is 4.95. The van der Waals surface area contributed by atoms with Crippen molar-refractivity contribution in [2.75, 3.05) is 11.9 Å². The molecule has 2 aromatic rings. The van der Waals surface area contributed by atoms with Crippen LogP contribution in [0.1, 0.15) is 46.6 Å². The molecule has 156 valence electrons. The van der Waals surface area contributed by atoms with E-state index in [1.165, 1.54) is 5.56 Å². The number of rotatable bonds is 5. The van der Waals surface area contributed by atoms with E-state index in [1.807, 2.05) is 65.0 Å². The van der Waals surface area contributed by atoms with E-state index in [4.69, 9.17) is 9.47 Å². The number of hydrogen-bond acceptors (Lipinski definition) is 4. The molecular formula is C24H32N2O3. The Bertz CT molecular complexity index is 810. The van der Waals surface area contributed by atoms with Gasteiger partial charge in [0.1, 0.15) is 11.3 Å². The molecule has 1 heterocycles. The van der Waals surface area contributed by atoms with Gasteiger partial charge in [-0.05, 0) is 77.3 Å². The Balaban J connectivity index is 1.60. The predicted molar refractivity (Wildman–Crippen MR) is 116 cm³/mol. The number of carbonyl (C=O) groups excluding carboxylic acids is 1. The summed E-state index contributed by atoms with van der Waals surface area (Å²) in [5, 5.41) is 3.39. The van der Waals surface area contributed by atoms with E-state index >= 15 is 0 Å². The lowest BCUT2D eigenvalue weighted by Gasteiger charge is -2.35. The maximum absolute atomic E-state index is 12.7. The highest BCUT2D eigenvalue weighted by Gasteiger charge is 2.45. The quantitative estimate of drug-likeness (QED) is 0.701. The average Bonchev–Trinajstić information content (AvgIpc) is 2.95. The Hall–Kier alpha value is -2.53. The Morgan fingerprint density at radius 3 is 2.34 bits per heavy atom. The minimum atomic E-state index is -0.656. The number of para-hydroxylation sites is 1. The van der Waals surface area contributed by atoms with Gasteiger partial charge in [-0.25, -0.2) is 4.79 Å². The lowest BCUT2D eigenvalue weighted by molar-refractivity contribution is -0.0626. The van der Waals surface area contributed by atoms with Gasteiger partial charge in [0.15, 0.2) is 0 Å². The summed E-state index contributed by atoms with van der Waals surface area (Å²) in [5.74, 6) is 0. The van der Waals surface area contributed by atoms with Gasteiger partial charge in [0, 0.05) is 11.4 Å². The molecular weight excluding hydrogens is 364 g/mol. The molecule has 1 N–H and O–H groups in total. The van der Waals surface area contributed by atoms with Gasteiger partial charge in [-0.1, -0.05) is 30.3 Å². The highest BCUT2D eigenvalue weighted by molar-refractivity contribution is 5.69. The maximum Gasteiger partial charge on any atom is 0.412 e. The predicted octanol–water partition coefficient (Wildman–Crippen LogP) is 5.73. The number of nitrogens with one attached hydrogen (secondary N) is 1. The summed E-state index contributed by atoms with van der Waals surface area (Å²) >= 11 is 0. The molecule has 0 radical (unpaired) electrons. The molecule has 0 saturated carbocycles. The fourth-order valence-electron chi connectivity index (χ4n) is 3.55. The summed E-state index contributed by atoms with van der Waals surface area (Å²) in [6, 6.07) is 18.5. The molecule has 1 unspecified atom stereocenters. The largest absolute Gasteiger partial charge is 0.444 e. The first-order chi connectivity index (χ1) is 13.6. The van der Waals surface area contributed by atoms with Crippen molar-refractivity contribution < 1.29 is 14.3 Å². The smallest absolute Gasteiger partial charge is 0.412 e. The molecule has 29 heavy (non-hydrogen) atoms. The van der Waals surface area contributed by atoms with Gasteiger partial charge in [0.2, 0.25) is 0 Å². The van der Waals surface area contributed by atoms with Crippen LogP contribution in [0.25, 0.3) is 0 Å². The van der Waals surface area contributed by atoms with Crippen LogP contribution in [0.4, 0.5) is 16.2 Å². The highest BCUT2D eigenvalue weighted by Crippen LogP contribution is 2.31. The molecule has 1 aliphatic rings. The second kappa shape index (κ2) is 8.46. The summed E-state index contributed by atoms with van der Waals surface area (Å²) in [7, 11) is 0. The fourth-order valence-corrected chi connectivity index (χ4v) is 3.55. The number of anilines is 2. The van der Waals surface area contributed by atoms with Crippen molar-refractivity contribution in [3.63, 3.8) is 0 Å². The van der Waals surface area contributed by atoms with Gasteiger partial charge in [-0.15, -0.1) is 0 Å². The number of ether oxygens (including phenoxy) is 2. The lowest BCUT2D eigenvalue weighted by atomic mass is 10.0. The number of benzene rings is 2. The molecule has 1 atom stereocenters. The molecule has 1 aliphatic heterocycles. The second-order valence-corrected chi connectivity index (χ2v) is 8.99. The van der Waals surface area contributed by atoms with E-state index in [0.29, 0.717) is 6.61 Å². The molecule has 0 aromatic heterocycles. The van der Waals surface area contributed by atoms with Crippen LogP contribution in [0.5, 0.6) is 0 Å². The van der Waals surface area contributed by atoms with Crippen LogP contribution in [-0.2, 0) is 15.9 Å². The van der Waals surface area contributed by atoms with Crippen molar-refractivity contribution in [2.24, 2.45) is 0 Å². The second-order valence-electron chi connectivity index (χ2n) is 8.99. The van der Waals surface area contributed by atoms with Crippen molar-refractivity contribution >= 4 is 17.5 Å². The first-order valence-electron chi connectivity index (χ1n) is 10.2. The summed E-state index contributed by atoms with van der Waals surface area (Å²) < 4.78 is 11.5. The van der Waals surface area contributed by atoms with Crippen molar-refractivity contribution in [1.82, 2.24) is 4.90 Å². The van der Waals surface area contributed by atoms with E-state index in [9.17, 15) is 4.79 Å². The van der Waals surface area contributed by atoms with Crippen LogP contribution in [0.2, 0.25) is 0 Å². The van der Waals surface area contributed by atoms with Crippen molar-refractivity contribution in [3.05, 3.63) is 60.2 Å². The van der Waals surface area contributed by atoms with Gasteiger partial charge >= 0.3 is 6.09 Å². The highest BCUT2D eigenvalue weighted by atomic mass is 16.6. The fraction of sp³-hybridized carbons (Fsp3) is 0.458. The van der Waals surface area contributed by atoms with Crippen LogP contribution in [0, 0.1) is 0 Å². The van der Waals surface area contributed by atoms with Crippen molar-refractivity contribution in [3.8, 4) is 0 Å². The van der Waals surface area contributed by atoms with E-state index in [-0.39, 0.29) is 12.1 Å². The molecule has 1 saturated heterocycles. The van der Waals surface area contributed by atoms with Gasteiger partial charge in [0.05, 0.1) is 12.6 Å². The number of carbonyl (C=O) groups is 1. The number of nitrogens with zero attached hydrogens (tertiary/aromatic N) is 1. The summed E-state index contributed by atoms with van der Waals surface area (Å²) in [4.78, 5) is 14.5. The zero-order valence-electron chi connectivity index (χ0n) is 18.1. The zero-order chi connectivity index (χ0) is 21.1. The molecule has 5 nitrogen and oxygen atoms in total. The van der Waals surface area contributed by atoms with E-state index in [0.717, 1.165) is 24.2 Å². The first-order valence-corrected chi connectivity index (χ1v) is 10.2. The number of hydrogen-bond donors (Lipinski definition) is 1. The topological polar surface area (TPSA) is 50.8 Å². The van der Waals surface area contributed by atoms with Crippen molar-refractivity contribution in [2.45, 2.75) is 64.8 Å². The third kappa shape index (κ3) is 5.73. The Labute approximate surface area is 174 Å². The van der Waals surface area contributed by atoms with Crippen LogP contribution >= 0.6 is 0 Å². The third-order valence-electron chi connectivity index (χ3n) is 4.95. The van der Waals surface area contributed by atoms with Crippen molar-refractivity contribution in [1.29, 1.82) is 0 Å². The van der Waals surface area contributed by atoms with Gasteiger partial charge in [-0.2, -0.15) is 0 Å². The minimum absolute atomic E-state index is 0.00182. The summed E-state index contributed by atoms with van der Waals surface area (Å²) in [6.45, 7) is 10.0. The van der Waals surface area contributed by atoms with Gasteiger partial charge < -0.3 is 14.8 Å². The molecule has 0 aliphatic carbocycles. The number of amides is 1. The zero-order valence-corrected chi connectivity index (χ0v) is 18.1. The molecule has 0 bridgehead atoms. The summed E-state index contributed by atoms with van der Waals surface area (Å²) in [5.41, 5.74) is 2.18. The Morgan fingerprint density at radius 1 is 1.10 bits per heavy atom. The molecule has 5 heteroatoms. The average molecular weight is 397 g/mol. The van der Waals surface area contributed by atoms with E-state index in [1.54, 1.807) is 4.90 Å². The Morgan fingerprint density at radius 2 is 1.72 bits per heavy atom. The SMILES string of the molecule is CC(C)(C)OC(=O)N1C(CCc2ccc(Nc3ccccc3)cc2)COC1(C)C. The molecule has 3 rings (SSSR count). The molecule has 0 spiro atoms. The minimum Gasteiger partial charge on any atom is -0.444 e. The normalized spacial score (nSPS) is 18.5. The van der Waals surface area contributed by atoms with E-state index in [2.05, 4.69) is 29.6 Å². The maximum atomic E-state index is 12.7. The lowest BCUT2D eigenvalue weighted by Crippen LogP contribution is -2.49. The van der Waals surface area contributed by atoms with Crippen LogP contribution in [0.15, 0.2) is 54.6 Å². The van der Waals surface area contributed by atoms with Gasteiger partial charge in [0.25, 0.3) is 0 Å². The van der Waals surface area contributed by atoms with Crippen LogP contribution in [0.3, 0.4) is 0 Å². The van der Waals surface area contributed by atoms with E-state index < -0.39 is 11.3 Å². The monoisotopic (exact) mass is 396 g/mol. The standard InChI is InChI=1S/C24H32N2O3/c1-23(2,3)29-22(27)26-21(17-28-24(26,4)5)16-13-18-11-14-20(15-12-18)25-19-9-7-6-8-10-19/h6-12,14-15,21,25H,13,16-17H2,1-5H3. The molecule has 1 amide bonds. The van der Waals surface area contributed by atoms with Crippen LogP contribution < -0.4 is 5.32 Å². The number of aryl methyl sites for hydroxylation is 1.